The number of hydrogen-bond acceptors (Lipinski definition) is 8. The number of ether oxygens (including phenoxy) is 1. The number of aromatic hydroxyl groups is 1. The van der Waals surface area contributed by atoms with Crippen molar-refractivity contribution in [3.05, 3.63) is 63.9 Å². The standard InChI is InChI=1S/C31H37NO8/c1-6-18-7-9-21(33)24(11-15(2)3)40-30(38)17(5)13-20-29(37)32-25-14-23(35)26-19(31(20,25)39)12-16(4)28(36)27(26)22(34)10-8-18/h7,9,12-15,18,20-21,24,33,36,39H,6,8,10-11H2,1-5H3,(H,32,37)/b9-7-,17-13-/t18-,20+,21?,24-,31-/m0/s1. The van der Waals surface area contributed by atoms with E-state index in [0.717, 1.165) is 6.08 Å². The van der Waals surface area contributed by atoms with Crippen molar-refractivity contribution in [2.24, 2.45) is 17.8 Å². The number of phenolic OH excluding ortho intramolecular Hbond substituents is 1. The largest absolute Gasteiger partial charge is 0.507 e. The van der Waals surface area contributed by atoms with E-state index in [0.29, 0.717) is 19.3 Å². The van der Waals surface area contributed by atoms with Crippen LogP contribution in [0.25, 0.3) is 0 Å². The van der Waals surface area contributed by atoms with Crippen LogP contribution < -0.4 is 5.32 Å². The van der Waals surface area contributed by atoms with E-state index < -0.39 is 47.2 Å². The molecule has 1 unspecified atom stereocenters. The highest BCUT2D eigenvalue weighted by molar-refractivity contribution is 6.17. The number of esters is 1. The third kappa shape index (κ3) is 5.15. The molecule has 40 heavy (non-hydrogen) atoms. The molecule has 1 aromatic rings. The van der Waals surface area contributed by atoms with E-state index in [2.05, 4.69) is 5.32 Å². The van der Waals surface area contributed by atoms with Gasteiger partial charge in [0, 0.05) is 29.2 Å². The summed E-state index contributed by atoms with van der Waals surface area (Å²) in [6.07, 6.45) is 5.16. The molecule has 1 saturated heterocycles. The topological polar surface area (TPSA) is 150 Å². The minimum absolute atomic E-state index is 0.00525. The van der Waals surface area contributed by atoms with Crippen LogP contribution in [0.15, 0.2) is 41.6 Å². The van der Waals surface area contributed by atoms with Gasteiger partial charge in [0.1, 0.15) is 23.6 Å². The van der Waals surface area contributed by atoms with E-state index in [1.807, 2.05) is 20.8 Å². The molecule has 9 heteroatoms. The quantitative estimate of drug-likeness (QED) is 0.329. The number of carbonyl (C=O) groups is 4. The number of phenols is 1. The van der Waals surface area contributed by atoms with Crippen molar-refractivity contribution in [1.82, 2.24) is 5.32 Å². The van der Waals surface area contributed by atoms with Gasteiger partial charge in [-0.2, -0.15) is 0 Å². The number of Topliss-reactive ketones (excluding diaryl/α,β-unsaturated/α-hetero) is 1. The average molecular weight is 552 g/mol. The lowest BCUT2D eigenvalue weighted by Crippen LogP contribution is -2.39. The number of rotatable bonds is 3. The van der Waals surface area contributed by atoms with Crippen LogP contribution >= 0.6 is 0 Å². The molecule has 214 valence electrons. The monoisotopic (exact) mass is 551 g/mol. The summed E-state index contributed by atoms with van der Waals surface area (Å²) in [6.45, 7) is 8.81. The Morgan fingerprint density at radius 2 is 1.82 bits per heavy atom. The molecule has 2 heterocycles. The van der Waals surface area contributed by atoms with E-state index in [1.54, 1.807) is 19.1 Å². The van der Waals surface area contributed by atoms with Gasteiger partial charge in [-0.05, 0) is 56.6 Å². The van der Waals surface area contributed by atoms with Gasteiger partial charge in [-0.15, -0.1) is 0 Å². The summed E-state index contributed by atoms with van der Waals surface area (Å²) in [7, 11) is 0. The summed E-state index contributed by atoms with van der Waals surface area (Å²) in [4.78, 5) is 53.1. The zero-order valence-corrected chi connectivity index (χ0v) is 23.5. The third-order valence-electron chi connectivity index (χ3n) is 8.03. The van der Waals surface area contributed by atoms with Crippen molar-refractivity contribution in [3.8, 4) is 5.75 Å². The second-order valence-electron chi connectivity index (χ2n) is 11.4. The fourth-order valence-corrected chi connectivity index (χ4v) is 5.70. The van der Waals surface area contributed by atoms with Crippen LogP contribution in [-0.4, -0.2) is 51.0 Å². The second-order valence-corrected chi connectivity index (χ2v) is 11.4. The van der Waals surface area contributed by atoms with Crippen LogP contribution in [0, 0.1) is 24.7 Å². The summed E-state index contributed by atoms with van der Waals surface area (Å²) >= 11 is 0. The van der Waals surface area contributed by atoms with E-state index in [1.165, 1.54) is 19.1 Å². The lowest BCUT2D eigenvalue weighted by Gasteiger charge is -2.34. The van der Waals surface area contributed by atoms with Gasteiger partial charge in [-0.3, -0.25) is 14.4 Å². The van der Waals surface area contributed by atoms with E-state index >= 15 is 0 Å². The van der Waals surface area contributed by atoms with E-state index in [9.17, 15) is 34.5 Å². The zero-order chi connectivity index (χ0) is 29.5. The lowest BCUT2D eigenvalue weighted by atomic mass is 9.72. The number of carbonyl (C=O) groups excluding carboxylic acids is 4. The first-order valence-electron chi connectivity index (χ1n) is 13.7. The van der Waals surface area contributed by atoms with Crippen molar-refractivity contribution in [2.75, 3.05) is 0 Å². The number of hydrogen-bond donors (Lipinski definition) is 4. The molecule has 9 nitrogen and oxygen atoms in total. The van der Waals surface area contributed by atoms with Crippen LogP contribution in [0.2, 0.25) is 0 Å². The Morgan fingerprint density at radius 1 is 1.12 bits per heavy atom. The van der Waals surface area contributed by atoms with Gasteiger partial charge in [0.2, 0.25) is 5.91 Å². The molecule has 2 aliphatic heterocycles. The number of aliphatic hydroxyl groups is 2. The summed E-state index contributed by atoms with van der Waals surface area (Å²) < 4.78 is 5.70. The fraction of sp³-hybridized carbons (Fsp3) is 0.484. The number of benzene rings is 1. The van der Waals surface area contributed by atoms with Crippen LogP contribution in [0.5, 0.6) is 5.75 Å². The molecule has 0 radical (unpaired) electrons. The third-order valence-corrected chi connectivity index (χ3v) is 8.03. The molecule has 1 aliphatic carbocycles. The van der Waals surface area contributed by atoms with Gasteiger partial charge >= 0.3 is 5.97 Å². The van der Waals surface area contributed by atoms with E-state index in [-0.39, 0.29) is 57.5 Å². The van der Waals surface area contributed by atoms with Crippen LogP contribution in [0.4, 0.5) is 0 Å². The van der Waals surface area contributed by atoms with Crippen LogP contribution in [0.1, 0.15) is 85.2 Å². The number of amides is 1. The molecular weight excluding hydrogens is 514 g/mol. The lowest BCUT2D eigenvalue weighted by molar-refractivity contribution is -0.149. The molecule has 0 spiro atoms. The van der Waals surface area contributed by atoms with Gasteiger partial charge in [0.05, 0.1) is 17.2 Å². The highest BCUT2D eigenvalue weighted by Crippen LogP contribution is 2.49. The van der Waals surface area contributed by atoms with Crippen LogP contribution in [-0.2, 0) is 19.9 Å². The normalized spacial score (nSPS) is 31.2. The van der Waals surface area contributed by atoms with Gasteiger partial charge < -0.3 is 25.4 Å². The maximum absolute atomic E-state index is 13.5. The molecule has 5 atom stereocenters. The Labute approximate surface area is 233 Å². The van der Waals surface area contributed by atoms with E-state index in [4.69, 9.17) is 4.74 Å². The smallest absolute Gasteiger partial charge is 0.333 e. The molecule has 4 bridgehead atoms. The minimum atomic E-state index is -2.09. The van der Waals surface area contributed by atoms with Crippen LogP contribution in [0.3, 0.4) is 0 Å². The zero-order valence-electron chi connectivity index (χ0n) is 23.5. The molecular formula is C31H37NO8. The first-order chi connectivity index (χ1) is 18.8. The molecule has 1 aromatic carbocycles. The van der Waals surface area contributed by atoms with Gasteiger partial charge in [0.25, 0.3) is 0 Å². The first-order valence-corrected chi connectivity index (χ1v) is 13.7. The Kier molecular flexibility index (Phi) is 8.19. The predicted molar refractivity (Wildman–Crippen MR) is 146 cm³/mol. The number of aryl methyl sites for hydroxylation is 1. The van der Waals surface area contributed by atoms with Crippen molar-refractivity contribution >= 4 is 23.4 Å². The Bertz CT molecular complexity index is 1350. The molecule has 3 aliphatic rings. The fourth-order valence-electron chi connectivity index (χ4n) is 5.70. The first kappa shape index (κ1) is 29.4. The highest BCUT2D eigenvalue weighted by atomic mass is 16.6. The average Bonchev–Trinajstić information content (AvgIpc) is 3.13. The van der Waals surface area contributed by atoms with Gasteiger partial charge in [-0.25, -0.2) is 4.79 Å². The van der Waals surface area contributed by atoms with Crippen molar-refractivity contribution in [1.29, 1.82) is 0 Å². The SMILES string of the molecule is CC[C@H]1/C=C\C(O)[C@H](CC(C)C)OC(=O)/C(C)=C\[C@@H]2C(=O)NC3=CC(=O)c4c(cc(C)c(O)c4C(=O)CC1)[C@@]32O. The molecule has 0 saturated carbocycles. The molecule has 1 fully saturated rings. The summed E-state index contributed by atoms with van der Waals surface area (Å²) in [5.74, 6) is -4.19. The number of ketones is 2. The van der Waals surface area contributed by atoms with Crippen molar-refractivity contribution < 1.29 is 39.2 Å². The maximum atomic E-state index is 13.5. The Balaban J connectivity index is 1.93. The van der Waals surface area contributed by atoms with Gasteiger partial charge in [-0.1, -0.05) is 39.0 Å². The summed E-state index contributed by atoms with van der Waals surface area (Å²) in [5.41, 5.74) is -2.21. The van der Waals surface area contributed by atoms with Crippen molar-refractivity contribution in [2.45, 2.75) is 78.1 Å². The highest BCUT2D eigenvalue weighted by Gasteiger charge is 2.55. The number of nitrogens with one attached hydrogen (secondary N) is 1. The van der Waals surface area contributed by atoms with Crippen molar-refractivity contribution in [3.63, 3.8) is 0 Å². The summed E-state index contributed by atoms with van der Waals surface area (Å²) in [5, 5.41) is 36.5. The summed E-state index contributed by atoms with van der Waals surface area (Å²) in [6, 6.07) is 1.40. The van der Waals surface area contributed by atoms with Gasteiger partial charge in [0.15, 0.2) is 11.6 Å². The second kappa shape index (κ2) is 11.1. The molecule has 4 N–H and O–H groups in total. The molecule has 4 rings (SSSR count). The number of cyclic esters (lactones) is 1. The minimum Gasteiger partial charge on any atom is -0.507 e. The Morgan fingerprint density at radius 3 is 2.48 bits per heavy atom. The Hall–Kier alpha value is -3.56. The molecule has 1 amide bonds. The number of allylic oxidation sites excluding steroid dienone is 2. The molecule has 0 aromatic heterocycles. The number of aliphatic hydroxyl groups excluding tert-OH is 1. The predicted octanol–water partition coefficient (Wildman–Crippen LogP) is 3.54. The maximum Gasteiger partial charge on any atom is 0.333 e.